The highest BCUT2D eigenvalue weighted by Crippen LogP contribution is 2.21. The number of likely N-dealkylation sites (tertiary alicyclic amines) is 1. The van der Waals surface area contributed by atoms with E-state index in [1.165, 1.54) is 6.07 Å². The van der Waals surface area contributed by atoms with Gasteiger partial charge in [0, 0.05) is 19.3 Å². The largest absolute Gasteiger partial charge is 0.338 e. The Bertz CT molecular complexity index is 580. The van der Waals surface area contributed by atoms with E-state index in [1.54, 1.807) is 23.1 Å². The van der Waals surface area contributed by atoms with Crippen molar-refractivity contribution in [2.24, 2.45) is 5.92 Å². The highest BCUT2D eigenvalue weighted by molar-refractivity contribution is 7.90. The Labute approximate surface area is 114 Å². The van der Waals surface area contributed by atoms with E-state index in [-0.39, 0.29) is 10.8 Å². The molecule has 0 radical (unpaired) electrons. The highest BCUT2D eigenvalue weighted by Gasteiger charge is 2.25. The highest BCUT2D eigenvalue weighted by atomic mass is 32.2. The Kier molecular flexibility index (Phi) is 3.94. The zero-order valence-electron chi connectivity index (χ0n) is 11.3. The van der Waals surface area contributed by atoms with Crippen LogP contribution in [-0.4, -0.2) is 38.6 Å². The van der Waals surface area contributed by atoms with E-state index in [4.69, 9.17) is 0 Å². The van der Waals surface area contributed by atoms with Gasteiger partial charge in [-0.2, -0.15) is 0 Å². The van der Waals surface area contributed by atoms with E-state index < -0.39 is 9.84 Å². The molecule has 5 heteroatoms. The summed E-state index contributed by atoms with van der Waals surface area (Å²) in [5, 5.41) is 0. The Morgan fingerprint density at radius 3 is 2.63 bits per heavy atom. The number of hydrogen-bond donors (Lipinski definition) is 0. The van der Waals surface area contributed by atoms with Crippen LogP contribution < -0.4 is 0 Å². The molecule has 19 heavy (non-hydrogen) atoms. The average Bonchev–Trinajstić information content (AvgIpc) is 2.37. The number of amides is 1. The van der Waals surface area contributed by atoms with Crippen molar-refractivity contribution in [1.82, 2.24) is 4.90 Å². The smallest absolute Gasteiger partial charge is 0.255 e. The van der Waals surface area contributed by atoms with Crippen molar-refractivity contribution in [3.05, 3.63) is 29.8 Å². The molecule has 1 atom stereocenters. The lowest BCUT2D eigenvalue weighted by Gasteiger charge is -2.31. The van der Waals surface area contributed by atoms with Crippen LogP contribution in [0.1, 0.15) is 30.1 Å². The number of carbonyl (C=O) groups excluding carboxylic acids is 1. The van der Waals surface area contributed by atoms with Gasteiger partial charge in [0.05, 0.1) is 10.5 Å². The van der Waals surface area contributed by atoms with Gasteiger partial charge in [0.1, 0.15) is 0 Å². The third-order valence-corrected chi connectivity index (χ3v) is 4.62. The summed E-state index contributed by atoms with van der Waals surface area (Å²) in [6.45, 7) is 3.53. The van der Waals surface area contributed by atoms with Gasteiger partial charge >= 0.3 is 0 Å². The molecule has 1 aliphatic rings. The Morgan fingerprint density at radius 2 is 2.00 bits per heavy atom. The zero-order valence-corrected chi connectivity index (χ0v) is 12.1. The third-order valence-electron chi connectivity index (χ3n) is 3.46. The van der Waals surface area contributed by atoms with Gasteiger partial charge in [-0.25, -0.2) is 8.42 Å². The van der Waals surface area contributed by atoms with Crippen molar-refractivity contribution in [3.63, 3.8) is 0 Å². The molecule has 0 bridgehead atoms. The fourth-order valence-electron chi connectivity index (χ4n) is 2.51. The second-order valence-electron chi connectivity index (χ2n) is 5.27. The predicted molar refractivity (Wildman–Crippen MR) is 73.9 cm³/mol. The summed E-state index contributed by atoms with van der Waals surface area (Å²) in [4.78, 5) is 14.4. The van der Waals surface area contributed by atoms with E-state index in [2.05, 4.69) is 6.92 Å². The molecule has 1 aromatic rings. The summed E-state index contributed by atoms with van der Waals surface area (Å²) in [6, 6.07) is 6.44. The molecule has 0 aliphatic carbocycles. The quantitative estimate of drug-likeness (QED) is 0.832. The average molecular weight is 281 g/mol. The lowest BCUT2D eigenvalue weighted by Crippen LogP contribution is -2.39. The van der Waals surface area contributed by atoms with Crippen LogP contribution in [0, 0.1) is 5.92 Å². The molecule has 4 nitrogen and oxygen atoms in total. The first-order valence-corrected chi connectivity index (χ1v) is 8.37. The summed E-state index contributed by atoms with van der Waals surface area (Å²) in [5.41, 5.74) is 0.291. The monoisotopic (exact) mass is 281 g/mol. The normalized spacial score (nSPS) is 20.3. The first-order valence-electron chi connectivity index (χ1n) is 6.48. The van der Waals surface area contributed by atoms with Gasteiger partial charge in [0.2, 0.25) is 0 Å². The number of hydrogen-bond acceptors (Lipinski definition) is 3. The van der Waals surface area contributed by atoms with E-state index in [1.807, 2.05) is 0 Å². The fourth-order valence-corrected chi connectivity index (χ4v) is 3.39. The van der Waals surface area contributed by atoms with Crippen LogP contribution in [-0.2, 0) is 9.84 Å². The zero-order chi connectivity index (χ0) is 14.0. The van der Waals surface area contributed by atoms with Crippen LogP contribution in [0.2, 0.25) is 0 Å². The van der Waals surface area contributed by atoms with Crippen molar-refractivity contribution in [3.8, 4) is 0 Å². The minimum atomic E-state index is -3.38. The topological polar surface area (TPSA) is 54.5 Å². The van der Waals surface area contributed by atoms with E-state index in [9.17, 15) is 13.2 Å². The number of rotatable bonds is 2. The van der Waals surface area contributed by atoms with Gasteiger partial charge in [0.25, 0.3) is 5.91 Å². The Hall–Kier alpha value is -1.36. The molecule has 1 aliphatic heterocycles. The molecule has 0 unspecified atom stereocenters. The maximum Gasteiger partial charge on any atom is 0.255 e. The molecule has 1 amide bonds. The van der Waals surface area contributed by atoms with Gasteiger partial charge in [-0.15, -0.1) is 0 Å². The lowest BCUT2D eigenvalue weighted by atomic mass is 9.99. The second kappa shape index (κ2) is 5.33. The number of sulfone groups is 1. The van der Waals surface area contributed by atoms with Crippen LogP contribution in [0.4, 0.5) is 0 Å². The summed E-state index contributed by atoms with van der Waals surface area (Å²) >= 11 is 0. The number of benzene rings is 1. The number of nitrogens with zero attached hydrogens (tertiary/aromatic N) is 1. The van der Waals surface area contributed by atoms with Crippen molar-refractivity contribution in [2.75, 3.05) is 19.3 Å². The maximum atomic E-state index is 12.5. The molecule has 1 fully saturated rings. The predicted octanol–water partition coefficient (Wildman–Crippen LogP) is 1.96. The van der Waals surface area contributed by atoms with E-state index in [0.29, 0.717) is 24.6 Å². The van der Waals surface area contributed by atoms with Crippen LogP contribution in [0.25, 0.3) is 0 Å². The second-order valence-corrected chi connectivity index (χ2v) is 7.25. The molecule has 0 aromatic heterocycles. The molecule has 2 rings (SSSR count). The summed E-state index contributed by atoms with van der Waals surface area (Å²) in [5.74, 6) is 0.302. The minimum Gasteiger partial charge on any atom is -0.338 e. The maximum absolute atomic E-state index is 12.5. The van der Waals surface area contributed by atoms with Crippen molar-refractivity contribution in [2.45, 2.75) is 24.7 Å². The summed E-state index contributed by atoms with van der Waals surface area (Å²) in [7, 11) is -3.38. The van der Waals surface area contributed by atoms with Gasteiger partial charge in [-0.3, -0.25) is 4.79 Å². The van der Waals surface area contributed by atoms with E-state index in [0.717, 1.165) is 19.1 Å². The molecular formula is C14H19NO3S. The van der Waals surface area contributed by atoms with Gasteiger partial charge in [0.15, 0.2) is 9.84 Å². The SMILES string of the molecule is C[C@@H]1CCCN(C(=O)c2ccccc2S(C)(=O)=O)C1. The first kappa shape index (κ1) is 14.1. The molecule has 1 aromatic carbocycles. The fraction of sp³-hybridized carbons (Fsp3) is 0.500. The van der Waals surface area contributed by atoms with E-state index >= 15 is 0 Å². The van der Waals surface area contributed by atoms with Crippen molar-refractivity contribution >= 4 is 15.7 Å². The van der Waals surface area contributed by atoms with Crippen LogP contribution >= 0.6 is 0 Å². The van der Waals surface area contributed by atoms with Crippen molar-refractivity contribution in [1.29, 1.82) is 0 Å². The molecule has 0 saturated carbocycles. The molecule has 104 valence electrons. The van der Waals surface area contributed by atoms with Gasteiger partial charge < -0.3 is 4.90 Å². The molecule has 1 saturated heterocycles. The molecule has 0 spiro atoms. The van der Waals surface area contributed by atoms with Gasteiger partial charge in [-0.1, -0.05) is 19.1 Å². The minimum absolute atomic E-state index is 0.123. The Morgan fingerprint density at radius 1 is 1.32 bits per heavy atom. The molecule has 1 heterocycles. The lowest BCUT2D eigenvalue weighted by molar-refractivity contribution is 0.0679. The standard InChI is InChI=1S/C14H19NO3S/c1-11-6-5-9-15(10-11)14(16)12-7-3-4-8-13(12)19(2,17)18/h3-4,7-8,11H,5-6,9-10H2,1-2H3/t11-/m1/s1. The van der Waals surface area contributed by atoms with Crippen molar-refractivity contribution < 1.29 is 13.2 Å². The van der Waals surface area contributed by atoms with Gasteiger partial charge in [-0.05, 0) is 30.9 Å². The summed E-state index contributed by atoms with van der Waals surface area (Å²) < 4.78 is 23.5. The summed E-state index contributed by atoms with van der Waals surface area (Å²) in [6.07, 6.45) is 3.24. The van der Waals surface area contributed by atoms with Crippen LogP contribution in [0.15, 0.2) is 29.2 Å². The first-order chi connectivity index (χ1) is 8.89. The third kappa shape index (κ3) is 3.15. The Balaban J connectivity index is 2.34. The molecule has 0 N–H and O–H groups in total. The molecular weight excluding hydrogens is 262 g/mol. The number of carbonyl (C=O) groups is 1. The van der Waals surface area contributed by atoms with Crippen LogP contribution in [0.3, 0.4) is 0 Å². The van der Waals surface area contributed by atoms with Crippen LogP contribution in [0.5, 0.6) is 0 Å². The number of piperidine rings is 1.